The molecule has 0 aliphatic carbocycles. The number of benzene rings is 2. The van der Waals surface area contributed by atoms with Crippen LogP contribution in [0, 0.1) is 13.8 Å². The third kappa shape index (κ3) is 7.58. The summed E-state index contributed by atoms with van der Waals surface area (Å²) in [5, 5.41) is 14.3. The summed E-state index contributed by atoms with van der Waals surface area (Å²) in [6.07, 6.45) is 2.06. The average molecular weight is 575 g/mol. The van der Waals surface area contributed by atoms with Crippen LogP contribution in [0.15, 0.2) is 59.6 Å². The summed E-state index contributed by atoms with van der Waals surface area (Å²) in [7, 11) is 1.76. The van der Waals surface area contributed by atoms with Crippen molar-refractivity contribution in [3.8, 4) is 5.69 Å². The Kier molecular flexibility index (Phi) is 11.1. The summed E-state index contributed by atoms with van der Waals surface area (Å²) in [4.78, 5) is 16.5. The summed E-state index contributed by atoms with van der Waals surface area (Å²) >= 11 is 0. The number of nitrogens with zero attached hydrogens (tertiary/aromatic N) is 3. The number of aromatic nitrogens is 2. The zero-order valence-electron chi connectivity index (χ0n) is 20.4. The van der Waals surface area contributed by atoms with Gasteiger partial charge in [-0.15, -0.1) is 24.0 Å². The van der Waals surface area contributed by atoms with E-state index in [-0.39, 0.29) is 29.9 Å². The van der Waals surface area contributed by atoms with E-state index in [2.05, 4.69) is 58.1 Å². The monoisotopic (exact) mass is 574 g/mol. The maximum Gasteiger partial charge on any atom is 0.251 e. The normalized spacial score (nSPS) is 11.0. The van der Waals surface area contributed by atoms with Crippen LogP contribution >= 0.6 is 24.0 Å². The van der Waals surface area contributed by atoms with Gasteiger partial charge in [0, 0.05) is 37.9 Å². The zero-order valence-corrected chi connectivity index (χ0v) is 22.7. The first kappa shape index (κ1) is 27.4. The standard InChI is InChI=1S/C26H34N6O.HI/c1-5-6-15-28-25(33)22-13-11-21(12-14-22)17-29-26(27-4)30-18-23-9-7-8-10-24(23)32-20(3)16-19(2)31-32;/h7-14,16H,5-6,15,17-18H2,1-4H3,(H,28,33)(H2,27,29,30);1H. The Morgan fingerprint density at radius 2 is 1.71 bits per heavy atom. The van der Waals surface area contributed by atoms with Gasteiger partial charge in [-0.3, -0.25) is 9.79 Å². The minimum absolute atomic E-state index is 0. The molecule has 0 bridgehead atoms. The van der Waals surface area contributed by atoms with Crippen LogP contribution in [-0.4, -0.2) is 35.2 Å². The predicted octanol–water partition coefficient (Wildman–Crippen LogP) is 4.50. The molecular weight excluding hydrogens is 539 g/mol. The van der Waals surface area contributed by atoms with E-state index in [0.717, 1.165) is 41.0 Å². The molecule has 0 spiro atoms. The summed E-state index contributed by atoms with van der Waals surface area (Å²) in [6, 6.07) is 17.9. The minimum atomic E-state index is -0.0262. The van der Waals surface area contributed by atoms with E-state index in [0.29, 0.717) is 31.2 Å². The van der Waals surface area contributed by atoms with E-state index in [1.54, 1.807) is 7.05 Å². The molecule has 0 atom stereocenters. The number of hydrogen-bond acceptors (Lipinski definition) is 3. The summed E-state index contributed by atoms with van der Waals surface area (Å²) in [5.41, 5.74) is 6.04. The van der Waals surface area contributed by atoms with Gasteiger partial charge in [-0.1, -0.05) is 43.7 Å². The molecule has 2 aromatic carbocycles. The topological polar surface area (TPSA) is 83.3 Å². The van der Waals surface area contributed by atoms with Crippen LogP contribution in [-0.2, 0) is 13.1 Å². The number of carbonyl (C=O) groups excluding carboxylic acids is 1. The fourth-order valence-electron chi connectivity index (χ4n) is 3.58. The van der Waals surface area contributed by atoms with Crippen LogP contribution in [0.3, 0.4) is 0 Å². The highest BCUT2D eigenvalue weighted by Crippen LogP contribution is 2.17. The number of nitrogens with one attached hydrogen (secondary N) is 3. The highest BCUT2D eigenvalue weighted by molar-refractivity contribution is 14.0. The minimum Gasteiger partial charge on any atom is -0.352 e. The number of para-hydroxylation sites is 1. The molecule has 0 saturated carbocycles. The summed E-state index contributed by atoms with van der Waals surface area (Å²) in [5.74, 6) is 0.682. The quantitative estimate of drug-likeness (QED) is 0.152. The number of unbranched alkanes of at least 4 members (excludes halogenated alkanes) is 1. The lowest BCUT2D eigenvalue weighted by molar-refractivity contribution is 0.0953. The van der Waals surface area contributed by atoms with E-state index in [1.165, 1.54) is 0 Å². The molecule has 1 heterocycles. The van der Waals surface area contributed by atoms with Crippen molar-refractivity contribution < 1.29 is 4.79 Å². The second-order valence-corrected chi connectivity index (χ2v) is 8.05. The molecule has 7 nitrogen and oxygen atoms in total. The van der Waals surface area contributed by atoms with Crippen LogP contribution in [0.2, 0.25) is 0 Å². The van der Waals surface area contributed by atoms with Crippen molar-refractivity contribution in [1.82, 2.24) is 25.7 Å². The van der Waals surface area contributed by atoms with Gasteiger partial charge in [-0.25, -0.2) is 4.68 Å². The number of guanidine groups is 1. The number of rotatable bonds is 9. The average Bonchev–Trinajstić information content (AvgIpc) is 3.17. The molecule has 182 valence electrons. The number of hydrogen-bond donors (Lipinski definition) is 3. The van der Waals surface area contributed by atoms with Crippen molar-refractivity contribution in [2.24, 2.45) is 4.99 Å². The fourth-order valence-corrected chi connectivity index (χ4v) is 3.58. The van der Waals surface area contributed by atoms with Crippen LogP contribution < -0.4 is 16.0 Å². The Morgan fingerprint density at radius 1 is 1.00 bits per heavy atom. The second kappa shape index (κ2) is 13.7. The first-order valence-electron chi connectivity index (χ1n) is 11.4. The first-order valence-corrected chi connectivity index (χ1v) is 11.4. The molecule has 8 heteroatoms. The molecule has 3 aromatic rings. The van der Waals surface area contributed by atoms with E-state index >= 15 is 0 Å². The second-order valence-electron chi connectivity index (χ2n) is 8.05. The molecule has 1 aromatic heterocycles. The molecule has 34 heavy (non-hydrogen) atoms. The number of amides is 1. The summed E-state index contributed by atoms with van der Waals surface area (Å²) in [6.45, 7) is 8.11. The maximum absolute atomic E-state index is 12.2. The van der Waals surface area contributed by atoms with Crippen LogP contribution in [0.25, 0.3) is 5.69 Å². The van der Waals surface area contributed by atoms with Crippen molar-refractivity contribution >= 4 is 35.8 Å². The molecule has 3 N–H and O–H groups in total. The highest BCUT2D eigenvalue weighted by Gasteiger charge is 2.09. The van der Waals surface area contributed by atoms with Crippen molar-refractivity contribution in [3.05, 3.63) is 82.7 Å². The lowest BCUT2D eigenvalue weighted by atomic mass is 10.1. The molecule has 0 aliphatic heterocycles. The Hall–Kier alpha value is -2.88. The number of aryl methyl sites for hydroxylation is 2. The lowest BCUT2D eigenvalue weighted by Crippen LogP contribution is -2.36. The highest BCUT2D eigenvalue weighted by atomic mass is 127. The molecule has 1 amide bonds. The van der Waals surface area contributed by atoms with Gasteiger partial charge in [0.15, 0.2) is 5.96 Å². The van der Waals surface area contributed by atoms with Crippen LogP contribution in [0.4, 0.5) is 0 Å². The summed E-state index contributed by atoms with van der Waals surface area (Å²) < 4.78 is 1.97. The number of aliphatic imine (C=N–C) groups is 1. The molecule has 3 rings (SSSR count). The van der Waals surface area contributed by atoms with Crippen molar-refractivity contribution in [1.29, 1.82) is 0 Å². The third-order valence-corrected chi connectivity index (χ3v) is 5.39. The van der Waals surface area contributed by atoms with E-state index in [1.807, 2.05) is 48.0 Å². The SMILES string of the molecule is CCCCNC(=O)c1ccc(CNC(=NC)NCc2ccccc2-n2nc(C)cc2C)cc1.I. The Bertz CT molecular complexity index is 1090. The maximum atomic E-state index is 12.2. The van der Waals surface area contributed by atoms with Gasteiger partial charge >= 0.3 is 0 Å². The lowest BCUT2D eigenvalue weighted by Gasteiger charge is -2.15. The van der Waals surface area contributed by atoms with Gasteiger partial charge in [-0.2, -0.15) is 5.10 Å². The smallest absolute Gasteiger partial charge is 0.251 e. The molecule has 0 aliphatic rings. The van der Waals surface area contributed by atoms with Gasteiger partial charge in [0.2, 0.25) is 0 Å². The van der Waals surface area contributed by atoms with Gasteiger partial charge in [0.05, 0.1) is 11.4 Å². The Morgan fingerprint density at radius 3 is 2.35 bits per heavy atom. The van der Waals surface area contributed by atoms with E-state index in [4.69, 9.17) is 0 Å². The third-order valence-electron chi connectivity index (χ3n) is 5.39. The number of carbonyl (C=O) groups is 1. The first-order chi connectivity index (χ1) is 16.0. The van der Waals surface area contributed by atoms with Crippen molar-refractivity contribution in [2.45, 2.75) is 46.7 Å². The molecule has 0 saturated heterocycles. The van der Waals surface area contributed by atoms with Gasteiger partial charge in [0.1, 0.15) is 0 Å². The van der Waals surface area contributed by atoms with Crippen LogP contribution in [0.5, 0.6) is 0 Å². The molecule has 0 unspecified atom stereocenters. The van der Waals surface area contributed by atoms with Gasteiger partial charge in [-0.05, 0) is 55.7 Å². The number of halogens is 1. The predicted molar refractivity (Wildman–Crippen MR) is 149 cm³/mol. The van der Waals surface area contributed by atoms with E-state index < -0.39 is 0 Å². The van der Waals surface area contributed by atoms with Gasteiger partial charge in [0.25, 0.3) is 5.91 Å². The molecule has 0 fully saturated rings. The largest absolute Gasteiger partial charge is 0.352 e. The van der Waals surface area contributed by atoms with Crippen molar-refractivity contribution in [2.75, 3.05) is 13.6 Å². The Labute approximate surface area is 219 Å². The van der Waals surface area contributed by atoms with Gasteiger partial charge < -0.3 is 16.0 Å². The van der Waals surface area contributed by atoms with Crippen LogP contribution in [0.1, 0.15) is 52.6 Å². The fraction of sp³-hybridized carbons (Fsp3) is 0.346. The zero-order chi connectivity index (χ0) is 23.6. The molecular formula is C26H35IN6O. The van der Waals surface area contributed by atoms with Crippen molar-refractivity contribution in [3.63, 3.8) is 0 Å². The Balaban J connectivity index is 0.00000408. The molecule has 0 radical (unpaired) electrons. The van der Waals surface area contributed by atoms with E-state index in [9.17, 15) is 4.79 Å².